The number of hydrogen-bond acceptors (Lipinski definition) is 3. The average Bonchev–Trinajstić information content (AvgIpc) is 1.71. The van der Waals surface area contributed by atoms with Gasteiger partial charge in [0.05, 0.1) is 5.24 Å². The molecule has 0 rings (SSSR count). The van der Waals surface area contributed by atoms with Gasteiger partial charge in [-0.15, -0.1) is 13.2 Å². The Balaban J connectivity index is -0.0000000273. The van der Waals surface area contributed by atoms with E-state index in [-0.39, 0.29) is 19.5 Å². The summed E-state index contributed by atoms with van der Waals surface area (Å²) in [5, 5.41) is -0.750. The summed E-state index contributed by atoms with van der Waals surface area (Å²) in [6.07, 6.45) is 1.00. The molecule has 0 unspecified atom stereocenters. The second kappa shape index (κ2) is 38.9. The summed E-state index contributed by atoms with van der Waals surface area (Å²) in [4.78, 5) is 17.5. The smallest absolute Gasteiger partial charge is 0.719 e. The van der Waals surface area contributed by atoms with Crippen molar-refractivity contribution in [3.63, 3.8) is 0 Å². The fourth-order valence-corrected chi connectivity index (χ4v) is 0. The van der Waals surface area contributed by atoms with E-state index >= 15 is 0 Å². The number of nitrogens with two attached hydrogens (primary N) is 2. The molecule has 0 saturated heterocycles. The maximum absolute atomic E-state index is 9.04. The SMILES string of the molecule is C=C.NC(=O)[S-].N[C-]=O.[Zn+2]. The molecular weight excluding hydrogens is 206 g/mol. The van der Waals surface area contributed by atoms with Crippen LogP contribution in [0.2, 0.25) is 0 Å². The number of carbonyl (C=O) groups is 1. The summed E-state index contributed by atoms with van der Waals surface area (Å²) in [7, 11) is 0. The molecule has 0 aromatic rings. The van der Waals surface area contributed by atoms with Crippen molar-refractivity contribution >= 4 is 24.3 Å². The van der Waals surface area contributed by atoms with Crippen LogP contribution in [0.1, 0.15) is 0 Å². The third-order valence-corrected chi connectivity index (χ3v) is 0. The van der Waals surface area contributed by atoms with Gasteiger partial charge < -0.3 is 33.7 Å². The molecular formula is C4H8N2O2SZn. The minimum absolute atomic E-state index is 0. The third-order valence-electron chi connectivity index (χ3n) is 0. The van der Waals surface area contributed by atoms with Gasteiger partial charge in [0.15, 0.2) is 0 Å². The van der Waals surface area contributed by atoms with E-state index in [9.17, 15) is 0 Å². The molecule has 0 aliphatic rings. The quantitative estimate of drug-likeness (QED) is 0.186. The molecule has 4 N–H and O–H groups in total. The van der Waals surface area contributed by atoms with Crippen molar-refractivity contribution in [2.24, 2.45) is 11.5 Å². The Morgan fingerprint density at radius 2 is 1.50 bits per heavy atom. The Labute approximate surface area is 78.2 Å². The van der Waals surface area contributed by atoms with Crippen LogP contribution in [0, 0.1) is 0 Å². The van der Waals surface area contributed by atoms with E-state index in [1.165, 1.54) is 0 Å². The Kier molecular flexibility index (Phi) is 88.1. The minimum Gasteiger partial charge on any atom is -0.719 e. The van der Waals surface area contributed by atoms with E-state index in [0.29, 0.717) is 0 Å². The molecule has 0 aromatic heterocycles. The monoisotopic (exact) mass is 212 g/mol. The Hall–Kier alpha value is -0.477. The Bertz CT molecular complexity index is 77.7. The summed E-state index contributed by atoms with van der Waals surface area (Å²) in [6, 6.07) is 0. The van der Waals surface area contributed by atoms with E-state index < -0.39 is 5.24 Å². The first kappa shape index (κ1) is 22.7. The van der Waals surface area contributed by atoms with Gasteiger partial charge >= 0.3 is 19.5 Å². The Morgan fingerprint density at radius 3 is 1.50 bits per heavy atom. The van der Waals surface area contributed by atoms with Crippen LogP contribution in [0.3, 0.4) is 0 Å². The first-order valence-corrected chi connectivity index (χ1v) is 2.10. The zero-order valence-corrected chi connectivity index (χ0v) is 9.28. The van der Waals surface area contributed by atoms with E-state index in [0.717, 1.165) is 6.41 Å². The number of amides is 2. The van der Waals surface area contributed by atoms with Crippen molar-refractivity contribution in [3.8, 4) is 0 Å². The van der Waals surface area contributed by atoms with Crippen LogP contribution in [0.5, 0.6) is 0 Å². The second-order valence-electron chi connectivity index (χ2n) is 0.437. The Morgan fingerprint density at radius 1 is 1.50 bits per heavy atom. The first-order chi connectivity index (χ1) is 4.15. The van der Waals surface area contributed by atoms with Gasteiger partial charge in [-0.05, 0) is 0 Å². The molecule has 0 aliphatic heterocycles. The van der Waals surface area contributed by atoms with Crippen LogP contribution in [0.25, 0.3) is 0 Å². The van der Waals surface area contributed by atoms with Crippen molar-refractivity contribution < 1.29 is 29.1 Å². The van der Waals surface area contributed by atoms with Gasteiger partial charge in [-0.3, -0.25) is 0 Å². The second-order valence-corrected chi connectivity index (χ2v) is 0.839. The van der Waals surface area contributed by atoms with Crippen LogP contribution in [-0.2, 0) is 36.9 Å². The zero-order valence-electron chi connectivity index (χ0n) is 5.50. The predicted molar refractivity (Wildman–Crippen MR) is 38.1 cm³/mol. The standard InChI is InChI=1S/C2H4.CH3NOS.CH2NO.Zn/c1-2;2-1(3)4;2-1-3;/h1-2H2;(H3,2,3,4);(H2,2,3);/q;;-1;+2/p-1. The van der Waals surface area contributed by atoms with Crippen LogP contribution < -0.4 is 11.5 Å². The summed E-state index contributed by atoms with van der Waals surface area (Å²) in [6.45, 7) is 6.00. The molecule has 54 valence electrons. The van der Waals surface area contributed by atoms with E-state index in [2.05, 4.69) is 37.3 Å². The van der Waals surface area contributed by atoms with Gasteiger partial charge in [0.2, 0.25) is 0 Å². The molecule has 0 spiro atoms. The average molecular weight is 214 g/mol. The van der Waals surface area contributed by atoms with Gasteiger partial charge in [0.25, 0.3) is 0 Å². The first-order valence-electron chi connectivity index (χ1n) is 1.69. The number of carbonyl (C=O) groups excluding carboxylic acids is 2. The summed E-state index contributed by atoms with van der Waals surface area (Å²) in [5.41, 5.74) is 8.33. The van der Waals surface area contributed by atoms with Crippen molar-refractivity contribution in [2.75, 3.05) is 0 Å². The largest absolute Gasteiger partial charge is 2.00 e. The topological polar surface area (TPSA) is 86.2 Å². The number of primary amides is 2. The van der Waals surface area contributed by atoms with Gasteiger partial charge in [0.1, 0.15) is 0 Å². The minimum atomic E-state index is -0.750. The maximum Gasteiger partial charge on any atom is 2.00 e. The molecule has 0 atom stereocenters. The molecule has 0 aromatic carbocycles. The number of hydrogen-bond donors (Lipinski definition) is 2. The molecule has 10 heavy (non-hydrogen) atoms. The van der Waals surface area contributed by atoms with Gasteiger partial charge in [-0.25, -0.2) is 0 Å². The van der Waals surface area contributed by atoms with Gasteiger partial charge in [0, 0.05) is 0 Å². The van der Waals surface area contributed by atoms with Crippen LogP contribution in [0.4, 0.5) is 4.79 Å². The van der Waals surface area contributed by atoms with E-state index in [1.54, 1.807) is 0 Å². The van der Waals surface area contributed by atoms with E-state index in [4.69, 9.17) is 9.59 Å². The van der Waals surface area contributed by atoms with Gasteiger partial charge in [-0.2, -0.15) is 6.41 Å². The summed E-state index contributed by atoms with van der Waals surface area (Å²) in [5.74, 6) is 0. The van der Waals surface area contributed by atoms with Crippen LogP contribution in [0.15, 0.2) is 13.2 Å². The predicted octanol–water partition coefficient (Wildman–Crippen LogP) is -0.576. The maximum atomic E-state index is 9.04. The summed E-state index contributed by atoms with van der Waals surface area (Å²) >= 11 is 3.76. The third kappa shape index (κ3) is 1410. The fourth-order valence-electron chi connectivity index (χ4n) is 0. The summed E-state index contributed by atoms with van der Waals surface area (Å²) < 4.78 is 0. The molecule has 0 fully saturated rings. The van der Waals surface area contributed by atoms with E-state index in [1.807, 2.05) is 0 Å². The molecule has 0 radical (unpaired) electrons. The zero-order chi connectivity index (χ0) is 8.28. The van der Waals surface area contributed by atoms with Crippen molar-refractivity contribution in [2.45, 2.75) is 0 Å². The molecule has 0 aliphatic carbocycles. The van der Waals surface area contributed by atoms with Crippen molar-refractivity contribution in [1.82, 2.24) is 0 Å². The van der Waals surface area contributed by atoms with Crippen LogP contribution >= 0.6 is 0 Å². The number of rotatable bonds is 0. The molecule has 2 amide bonds. The molecule has 4 nitrogen and oxygen atoms in total. The molecule has 0 heterocycles. The molecule has 0 bridgehead atoms. The van der Waals surface area contributed by atoms with Crippen molar-refractivity contribution in [3.05, 3.63) is 13.2 Å². The van der Waals surface area contributed by atoms with Gasteiger partial charge in [-0.1, -0.05) is 0 Å². The normalized spacial score (nSPS) is 4.00. The fraction of sp³-hybridized carbons (Fsp3) is 0. The molecule has 0 saturated carbocycles. The van der Waals surface area contributed by atoms with Crippen molar-refractivity contribution in [1.29, 1.82) is 0 Å². The van der Waals surface area contributed by atoms with Crippen LogP contribution in [-0.4, -0.2) is 11.6 Å². The molecule has 6 heteroatoms.